The van der Waals surface area contributed by atoms with Crippen LogP contribution in [0.1, 0.15) is 0 Å². The molecule has 9 rings (SSSR count). The van der Waals surface area contributed by atoms with Gasteiger partial charge in [-0.05, 0) is 131 Å². The van der Waals surface area contributed by atoms with Crippen LogP contribution >= 0.6 is 0 Å². The van der Waals surface area contributed by atoms with Gasteiger partial charge in [0.2, 0.25) is 0 Å². The normalized spacial score (nSPS) is 10.8. The van der Waals surface area contributed by atoms with Crippen LogP contribution in [0.25, 0.3) is 22.3 Å². The first-order valence-corrected chi connectivity index (χ1v) is 19.4. The molecule has 0 aliphatic rings. The Kier molecular flexibility index (Phi) is 10.1. The fourth-order valence-corrected chi connectivity index (χ4v) is 7.55. The average molecular weight is 732 g/mol. The van der Waals surface area contributed by atoms with Gasteiger partial charge in [0, 0.05) is 51.2 Å². The molecule has 0 aliphatic heterocycles. The van der Waals surface area contributed by atoms with Crippen molar-refractivity contribution in [3.05, 3.63) is 249 Å². The number of para-hydroxylation sites is 6. The molecule has 0 unspecified atom stereocenters. The van der Waals surface area contributed by atoms with Crippen LogP contribution in [0.2, 0.25) is 0 Å². The molecule has 0 atom stereocenters. The molecule has 0 spiro atoms. The van der Waals surface area contributed by atoms with E-state index < -0.39 is 0 Å². The molecule has 9 aromatic carbocycles. The molecule has 57 heavy (non-hydrogen) atoms. The molecule has 0 amide bonds. The standard InChI is InChI=1S/C54H41N3/c1-7-19-44(20-8-1)55(45-21-9-2-10-22-45)50-35-31-42(32-36-50)53-40-39-52(57(48-27-15-5-16-28-48)49-29-17-6-18-30-49)41-54(53)43-33-37-51(38-34-43)56(46-23-11-3-12-24-46)47-25-13-4-14-26-47/h1-41H. The number of anilines is 9. The Morgan fingerprint density at radius 1 is 0.175 bits per heavy atom. The van der Waals surface area contributed by atoms with Crippen molar-refractivity contribution in [3.63, 3.8) is 0 Å². The Hall–Kier alpha value is -7.62. The average Bonchev–Trinajstić information content (AvgIpc) is 3.29. The summed E-state index contributed by atoms with van der Waals surface area (Å²) in [6.07, 6.45) is 0. The summed E-state index contributed by atoms with van der Waals surface area (Å²) in [5.41, 5.74) is 14.5. The van der Waals surface area contributed by atoms with Gasteiger partial charge in [-0.1, -0.05) is 140 Å². The predicted molar refractivity (Wildman–Crippen MR) is 241 cm³/mol. The minimum atomic E-state index is 1.08. The lowest BCUT2D eigenvalue weighted by Gasteiger charge is -2.27. The first-order chi connectivity index (χ1) is 28.3. The van der Waals surface area contributed by atoms with Crippen molar-refractivity contribution in [2.75, 3.05) is 14.7 Å². The molecule has 0 saturated carbocycles. The molecular formula is C54H41N3. The molecular weight excluding hydrogens is 691 g/mol. The highest BCUT2D eigenvalue weighted by atomic mass is 15.2. The van der Waals surface area contributed by atoms with Gasteiger partial charge >= 0.3 is 0 Å². The number of rotatable bonds is 11. The van der Waals surface area contributed by atoms with E-state index in [9.17, 15) is 0 Å². The first kappa shape index (κ1) is 35.1. The van der Waals surface area contributed by atoms with E-state index in [4.69, 9.17) is 0 Å². The smallest absolute Gasteiger partial charge is 0.0468 e. The monoisotopic (exact) mass is 731 g/mol. The van der Waals surface area contributed by atoms with E-state index in [1.54, 1.807) is 0 Å². The lowest BCUT2D eigenvalue weighted by Crippen LogP contribution is -2.10. The Labute approximate surface area is 335 Å². The Morgan fingerprint density at radius 3 is 0.702 bits per heavy atom. The van der Waals surface area contributed by atoms with E-state index in [1.165, 1.54) is 0 Å². The predicted octanol–water partition coefficient (Wildman–Crippen LogP) is 15.4. The highest BCUT2D eigenvalue weighted by Gasteiger charge is 2.18. The zero-order chi connectivity index (χ0) is 38.2. The Balaban J connectivity index is 1.17. The quantitative estimate of drug-likeness (QED) is 0.131. The molecule has 272 valence electrons. The number of hydrogen-bond donors (Lipinski definition) is 0. The van der Waals surface area contributed by atoms with E-state index >= 15 is 0 Å². The highest BCUT2D eigenvalue weighted by molar-refractivity contribution is 5.90. The van der Waals surface area contributed by atoms with Gasteiger partial charge in [-0.15, -0.1) is 0 Å². The molecule has 0 bridgehead atoms. The summed E-state index contributed by atoms with van der Waals surface area (Å²) in [5, 5.41) is 0. The zero-order valence-electron chi connectivity index (χ0n) is 31.5. The summed E-state index contributed by atoms with van der Waals surface area (Å²) in [5.74, 6) is 0. The van der Waals surface area contributed by atoms with Gasteiger partial charge in [0.05, 0.1) is 0 Å². The fraction of sp³-hybridized carbons (Fsp3) is 0. The maximum Gasteiger partial charge on any atom is 0.0468 e. The minimum absolute atomic E-state index is 1.08. The lowest BCUT2D eigenvalue weighted by atomic mass is 9.93. The van der Waals surface area contributed by atoms with Crippen molar-refractivity contribution < 1.29 is 0 Å². The van der Waals surface area contributed by atoms with Crippen molar-refractivity contribution in [1.29, 1.82) is 0 Å². The third kappa shape index (κ3) is 7.55. The van der Waals surface area contributed by atoms with Gasteiger partial charge in [0.15, 0.2) is 0 Å². The fourth-order valence-electron chi connectivity index (χ4n) is 7.55. The second-order valence-electron chi connectivity index (χ2n) is 13.8. The van der Waals surface area contributed by atoms with Gasteiger partial charge < -0.3 is 14.7 Å². The molecule has 3 nitrogen and oxygen atoms in total. The summed E-state index contributed by atoms with van der Waals surface area (Å²) in [6.45, 7) is 0. The van der Waals surface area contributed by atoms with Gasteiger partial charge in [0.1, 0.15) is 0 Å². The van der Waals surface area contributed by atoms with Crippen LogP contribution in [0.15, 0.2) is 249 Å². The molecule has 3 heteroatoms. The first-order valence-electron chi connectivity index (χ1n) is 19.4. The van der Waals surface area contributed by atoms with E-state index in [0.717, 1.165) is 73.4 Å². The summed E-state index contributed by atoms with van der Waals surface area (Å²) in [6, 6.07) is 88.2. The van der Waals surface area contributed by atoms with Crippen molar-refractivity contribution in [2.45, 2.75) is 0 Å². The molecule has 0 radical (unpaired) electrons. The van der Waals surface area contributed by atoms with Gasteiger partial charge in [-0.3, -0.25) is 0 Å². The Bertz CT molecular complexity index is 2510. The third-order valence-corrected chi connectivity index (χ3v) is 10.2. The van der Waals surface area contributed by atoms with E-state index in [1.807, 2.05) is 0 Å². The minimum Gasteiger partial charge on any atom is -0.311 e. The van der Waals surface area contributed by atoms with Crippen LogP contribution in [0.4, 0.5) is 51.2 Å². The van der Waals surface area contributed by atoms with E-state index in [-0.39, 0.29) is 0 Å². The molecule has 0 aliphatic carbocycles. The van der Waals surface area contributed by atoms with Crippen LogP contribution in [-0.2, 0) is 0 Å². The number of nitrogens with zero attached hydrogens (tertiary/aromatic N) is 3. The van der Waals surface area contributed by atoms with E-state index in [0.29, 0.717) is 0 Å². The van der Waals surface area contributed by atoms with Crippen LogP contribution < -0.4 is 14.7 Å². The van der Waals surface area contributed by atoms with Gasteiger partial charge in [-0.2, -0.15) is 0 Å². The molecule has 9 aromatic rings. The van der Waals surface area contributed by atoms with Crippen LogP contribution in [-0.4, -0.2) is 0 Å². The Morgan fingerprint density at radius 2 is 0.404 bits per heavy atom. The van der Waals surface area contributed by atoms with Gasteiger partial charge in [-0.25, -0.2) is 0 Å². The highest BCUT2D eigenvalue weighted by Crippen LogP contribution is 2.43. The topological polar surface area (TPSA) is 9.72 Å². The summed E-state index contributed by atoms with van der Waals surface area (Å²) in [7, 11) is 0. The van der Waals surface area contributed by atoms with Crippen molar-refractivity contribution in [2.24, 2.45) is 0 Å². The maximum atomic E-state index is 2.34. The summed E-state index contributed by atoms with van der Waals surface area (Å²) < 4.78 is 0. The second-order valence-corrected chi connectivity index (χ2v) is 13.8. The van der Waals surface area contributed by atoms with Crippen LogP contribution in [0.5, 0.6) is 0 Å². The molecule has 0 saturated heterocycles. The van der Waals surface area contributed by atoms with Gasteiger partial charge in [0.25, 0.3) is 0 Å². The SMILES string of the molecule is c1ccc(N(c2ccccc2)c2ccc(-c3ccc(N(c4ccccc4)c4ccccc4)cc3-c3ccc(N(c4ccccc4)c4ccccc4)cc3)cc2)cc1. The van der Waals surface area contributed by atoms with Crippen molar-refractivity contribution in [3.8, 4) is 22.3 Å². The molecule has 0 fully saturated rings. The second kappa shape index (κ2) is 16.4. The largest absolute Gasteiger partial charge is 0.311 e. The molecule has 0 heterocycles. The number of hydrogen-bond acceptors (Lipinski definition) is 3. The van der Waals surface area contributed by atoms with Crippen molar-refractivity contribution >= 4 is 51.2 Å². The molecule has 0 aromatic heterocycles. The van der Waals surface area contributed by atoms with E-state index in [2.05, 4.69) is 263 Å². The van der Waals surface area contributed by atoms with Crippen LogP contribution in [0.3, 0.4) is 0 Å². The van der Waals surface area contributed by atoms with Crippen molar-refractivity contribution in [1.82, 2.24) is 0 Å². The van der Waals surface area contributed by atoms with Crippen LogP contribution in [0, 0.1) is 0 Å². The third-order valence-electron chi connectivity index (χ3n) is 10.2. The summed E-state index contributed by atoms with van der Waals surface area (Å²) in [4.78, 5) is 6.93. The molecule has 0 N–H and O–H groups in total. The zero-order valence-corrected chi connectivity index (χ0v) is 31.5. The maximum absolute atomic E-state index is 2.34. The lowest BCUT2D eigenvalue weighted by molar-refractivity contribution is 1.28. The summed E-state index contributed by atoms with van der Waals surface area (Å²) >= 11 is 0. The number of benzene rings is 9.